The largest absolute Gasteiger partial charge is 0.457 e. The van der Waals surface area contributed by atoms with Crippen LogP contribution in [0.5, 0.6) is 0 Å². The molecule has 1 aromatic heterocycles. The van der Waals surface area contributed by atoms with Gasteiger partial charge in [0.2, 0.25) is 5.78 Å². The third kappa shape index (κ3) is 2.68. The molecule has 4 nitrogen and oxygen atoms in total. The minimum atomic E-state index is -0.151. The van der Waals surface area contributed by atoms with Crippen molar-refractivity contribution < 1.29 is 13.9 Å². The zero-order valence-corrected chi connectivity index (χ0v) is 7.58. The van der Waals surface area contributed by atoms with E-state index < -0.39 is 0 Å². The maximum Gasteiger partial charge on any atom is 0.223 e. The van der Waals surface area contributed by atoms with E-state index in [0.717, 1.165) is 0 Å². The molecule has 1 heterocycles. The van der Waals surface area contributed by atoms with E-state index in [9.17, 15) is 4.79 Å². The van der Waals surface area contributed by atoms with Crippen LogP contribution in [0.2, 0.25) is 0 Å². The van der Waals surface area contributed by atoms with Crippen molar-refractivity contribution in [2.75, 3.05) is 13.2 Å². The van der Waals surface area contributed by atoms with Gasteiger partial charge in [-0.15, -0.1) is 0 Å². The first-order valence-electron chi connectivity index (χ1n) is 4.17. The first kappa shape index (κ1) is 9.95. The molecule has 0 fully saturated rings. The second-order valence-corrected chi connectivity index (χ2v) is 2.53. The molecule has 2 N–H and O–H groups in total. The van der Waals surface area contributed by atoms with Crippen LogP contribution in [0.3, 0.4) is 0 Å². The monoisotopic (exact) mass is 183 g/mol. The van der Waals surface area contributed by atoms with Gasteiger partial charge in [0, 0.05) is 6.61 Å². The van der Waals surface area contributed by atoms with Crippen molar-refractivity contribution >= 4 is 5.78 Å². The summed E-state index contributed by atoms with van der Waals surface area (Å²) < 4.78 is 10.1. The summed E-state index contributed by atoms with van der Waals surface area (Å²) in [5.74, 6) is 0.773. The van der Waals surface area contributed by atoms with E-state index in [2.05, 4.69) is 0 Å². The van der Waals surface area contributed by atoms with E-state index in [1.54, 1.807) is 12.1 Å². The molecule has 0 aliphatic heterocycles. The SMILES string of the molecule is CCOCC(=O)c1ccc(CN)o1. The highest BCUT2D eigenvalue weighted by Crippen LogP contribution is 2.07. The zero-order valence-electron chi connectivity index (χ0n) is 7.58. The summed E-state index contributed by atoms with van der Waals surface area (Å²) in [7, 11) is 0. The lowest BCUT2D eigenvalue weighted by molar-refractivity contribution is 0.0754. The van der Waals surface area contributed by atoms with E-state index in [1.807, 2.05) is 6.92 Å². The van der Waals surface area contributed by atoms with Crippen molar-refractivity contribution in [3.05, 3.63) is 23.7 Å². The fraction of sp³-hybridized carbons (Fsp3) is 0.444. The van der Waals surface area contributed by atoms with Crippen molar-refractivity contribution in [1.29, 1.82) is 0 Å². The van der Waals surface area contributed by atoms with E-state index in [0.29, 0.717) is 24.7 Å². The van der Waals surface area contributed by atoms with Gasteiger partial charge in [-0.1, -0.05) is 0 Å². The Hall–Kier alpha value is -1.13. The van der Waals surface area contributed by atoms with Crippen LogP contribution in [-0.4, -0.2) is 19.0 Å². The van der Waals surface area contributed by atoms with Gasteiger partial charge in [0.15, 0.2) is 5.76 Å². The number of carbonyl (C=O) groups is 1. The molecule has 0 aliphatic rings. The van der Waals surface area contributed by atoms with Gasteiger partial charge in [-0.05, 0) is 19.1 Å². The van der Waals surface area contributed by atoms with Crippen molar-refractivity contribution in [2.24, 2.45) is 5.73 Å². The average molecular weight is 183 g/mol. The van der Waals surface area contributed by atoms with Gasteiger partial charge in [0.25, 0.3) is 0 Å². The number of hydrogen-bond acceptors (Lipinski definition) is 4. The van der Waals surface area contributed by atoms with Gasteiger partial charge in [-0.3, -0.25) is 4.79 Å². The second kappa shape index (κ2) is 4.79. The molecule has 0 unspecified atom stereocenters. The van der Waals surface area contributed by atoms with Crippen molar-refractivity contribution in [1.82, 2.24) is 0 Å². The summed E-state index contributed by atoms with van der Waals surface area (Å²) in [6, 6.07) is 3.31. The first-order valence-corrected chi connectivity index (χ1v) is 4.17. The quantitative estimate of drug-likeness (QED) is 0.690. The molecular weight excluding hydrogens is 170 g/mol. The van der Waals surface area contributed by atoms with Crippen LogP contribution in [0.15, 0.2) is 16.5 Å². The molecule has 0 saturated carbocycles. The van der Waals surface area contributed by atoms with Crippen LogP contribution in [0.4, 0.5) is 0 Å². The second-order valence-electron chi connectivity index (χ2n) is 2.53. The highest BCUT2D eigenvalue weighted by atomic mass is 16.5. The number of hydrogen-bond donors (Lipinski definition) is 1. The molecule has 0 aliphatic carbocycles. The molecule has 0 atom stereocenters. The molecule has 0 spiro atoms. The van der Waals surface area contributed by atoms with Crippen LogP contribution < -0.4 is 5.73 Å². The van der Waals surface area contributed by atoms with E-state index in [-0.39, 0.29) is 12.4 Å². The number of furan rings is 1. The average Bonchev–Trinajstić information content (AvgIpc) is 2.62. The van der Waals surface area contributed by atoms with Crippen molar-refractivity contribution in [3.63, 3.8) is 0 Å². The first-order chi connectivity index (χ1) is 6.27. The van der Waals surface area contributed by atoms with Crippen LogP contribution in [-0.2, 0) is 11.3 Å². The Labute approximate surface area is 76.7 Å². The topological polar surface area (TPSA) is 65.5 Å². The van der Waals surface area contributed by atoms with Crippen LogP contribution in [0.25, 0.3) is 0 Å². The Kier molecular flexibility index (Phi) is 3.67. The van der Waals surface area contributed by atoms with E-state index in [4.69, 9.17) is 14.9 Å². The van der Waals surface area contributed by atoms with Gasteiger partial charge < -0.3 is 14.9 Å². The Morgan fingerprint density at radius 3 is 2.92 bits per heavy atom. The molecule has 4 heteroatoms. The fourth-order valence-electron chi connectivity index (χ4n) is 0.903. The van der Waals surface area contributed by atoms with Crippen molar-refractivity contribution in [3.8, 4) is 0 Å². The molecule has 0 aromatic carbocycles. The van der Waals surface area contributed by atoms with Crippen LogP contribution >= 0.6 is 0 Å². The summed E-state index contributed by atoms with van der Waals surface area (Å²) in [5.41, 5.74) is 5.33. The zero-order chi connectivity index (χ0) is 9.68. The highest BCUT2D eigenvalue weighted by molar-refractivity contribution is 5.94. The molecule has 13 heavy (non-hydrogen) atoms. The summed E-state index contributed by atoms with van der Waals surface area (Å²) in [4.78, 5) is 11.3. The summed E-state index contributed by atoms with van der Waals surface area (Å²) >= 11 is 0. The number of rotatable bonds is 5. The normalized spacial score (nSPS) is 10.3. The minimum Gasteiger partial charge on any atom is -0.457 e. The number of ether oxygens (including phenoxy) is 1. The van der Waals surface area contributed by atoms with Crippen LogP contribution in [0.1, 0.15) is 23.2 Å². The van der Waals surface area contributed by atoms with Crippen molar-refractivity contribution in [2.45, 2.75) is 13.5 Å². The lowest BCUT2D eigenvalue weighted by Crippen LogP contribution is -2.07. The van der Waals surface area contributed by atoms with Gasteiger partial charge in [0.05, 0.1) is 6.54 Å². The maximum absolute atomic E-state index is 11.3. The number of nitrogens with two attached hydrogens (primary N) is 1. The van der Waals surface area contributed by atoms with Gasteiger partial charge >= 0.3 is 0 Å². The third-order valence-corrected chi connectivity index (χ3v) is 1.57. The summed E-state index contributed by atoms with van der Waals surface area (Å²) in [6.07, 6.45) is 0. The number of carbonyl (C=O) groups excluding carboxylic acids is 1. The summed E-state index contributed by atoms with van der Waals surface area (Å²) in [6.45, 7) is 2.73. The third-order valence-electron chi connectivity index (χ3n) is 1.57. The fourth-order valence-corrected chi connectivity index (χ4v) is 0.903. The molecule has 0 amide bonds. The van der Waals surface area contributed by atoms with Gasteiger partial charge in [-0.25, -0.2) is 0 Å². The Bertz CT molecular complexity index is 280. The molecule has 0 saturated heterocycles. The lowest BCUT2D eigenvalue weighted by atomic mass is 10.3. The maximum atomic E-state index is 11.3. The number of Topliss-reactive ketones (excluding diaryl/α,β-unsaturated/α-hetero) is 1. The van der Waals surface area contributed by atoms with E-state index >= 15 is 0 Å². The van der Waals surface area contributed by atoms with E-state index in [1.165, 1.54) is 0 Å². The van der Waals surface area contributed by atoms with Gasteiger partial charge in [0.1, 0.15) is 12.4 Å². The Morgan fingerprint density at radius 1 is 1.62 bits per heavy atom. The molecule has 72 valence electrons. The smallest absolute Gasteiger partial charge is 0.223 e. The predicted octanol–water partition coefficient (Wildman–Crippen LogP) is 0.958. The summed E-state index contributed by atoms with van der Waals surface area (Å²) in [5, 5.41) is 0. The molecular formula is C9H13NO3. The minimum absolute atomic E-state index is 0.0635. The molecule has 0 radical (unpaired) electrons. The standard InChI is InChI=1S/C9H13NO3/c1-2-12-6-8(11)9-4-3-7(5-10)13-9/h3-4H,2,5-6,10H2,1H3. The molecule has 1 rings (SSSR count). The number of ketones is 1. The van der Waals surface area contributed by atoms with Crippen LogP contribution in [0, 0.1) is 0 Å². The highest BCUT2D eigenvalue weighted by Gasteiger charge is 2.09. The Balaban J connectivity index is 2.55. The predicted molar refractivity (Wildman–Crippen MR) is 47.4 cm³/mol. The lowest BCUT2D eigenvalue weighted by Gasteiger charge is -1.96. The molecule has 1 aromatic rings. The molecule has 0 bridgehead atoms. The Morgan fingerprint density at radius 2 is 2.38 bits per heavy atom. The van der Waals surface area contributed by atoms with Gasteiger partial charge in [-0.2, -0.15) is 0 Å².